The summed E-state index contributed by atoms with van der Waals surface area (Å²) >= 11 is 3.49. The van der Waals surface area contributed by atoms with Crippen LogP contribution in [0.5, 0.6) is 5.75 Å². The molecule has 0 aliphatic carbocycles. The highest BCUT2D eigenvalue weighted by atomic mass is 79.9. The fraction of sp³-hybridized carbons (Fsp3) is 0.423. The molecule has 2 atom stereocenters. The molecule has 35 heavy (non-hydrogen) atoms. The third-order valence-electron chi connectivity index (χ3n) is 6.99. The van der Waals surface area contributed by atoms with Crippen molar-refractivity contribution in [2.45, 2.75) is 44.9 Å². The Kier molecular flexibility index (Phi) is 6.21. The van der Waals surface area contributed by atoms with E-state index in [2.05, 4.69) is 21.2 Å². The molecule has 3 aliphatic rings. The molecule has 0 unspecified atom stereocenters. The largest absolute Gasteiger partial charge is 0.467 e. The third kappa shape index (κ3) is 4.37. The summed E-state index contributed by atoms with van der Waals surface area (Å²) in [6, 6.07) is 12.5. The fourth-order valence-corrected chi connectivity index (χ4v) is 5.65. The molecular formula is C26H28BrN3O5. The van der Waals surface area contributed by atoms with Crippen LogP contribution in [0.15, 0.2) is 46.9 Å². The number of benzene rings is 2. The van der Waals surface area contributed by atoms with Crippen molar-refractivity contribution in [3.8, 4) is 5.75 Å². The summed E-state index contributed by atoms with van der Waals surface area (Å²) in [7, 11) is 0. The Morgan fingerprint density at radius 1 is 1.20 bits per heavy atom. The average molecular weight is 542 g/mol. The first-order chi connectivity index (χ1) is 16.8. The molecule has 0 saturated carbocycles. The van der Waals surface area contributed by atoms with Gasteiger partial charge in [-0.05, 0) is 63.1 Å². The van der Waals surface area contributed by atoms with E-state index in [9.17, 15) is 14.4 Å². The van der Waals surface area contributed by atoms with Gasteiger partial charge < -0.3 is 19.7 Å². The van der Waals surface area contributed by atoms with Crippen molar-refractivity contribution in [1.82, 2.24) is 10.2 Å². The number of hydrogen-bond acceptors (Lipinski definition) is 5. The Morgan fingerprint density at radius 2 is 1.97 bits per heavy atom. The number of carbonyl (C=O) groups is 3. The number of rotatable bonds is 4. The lowest BCUT2D eigenvalue weighted by Gasteiger charge is -2.50. The van der Waals surface area contributed by atoms with Gasteiger partial charge in [-0.1, -0.05) is 22.0 Å². The van der Waals surface area contributed by atoms with E-state index in [-0.39, 0.29) is 29.9 Å². The van der Waals surface area contributed by atoms with E-state index >= 15 is 0 Å². The van der Waals surface area contributed by atoms with Gasteiger partial charge in [0.2, 0.25) is 0 Å². The molecule has 3 heterocycles. The SMILES string of the molecule is CCOC(=O)C1CCN(C(=O)c2cccc(N3C(=O)N[C@H]4C[C@@]3(C)Oc3ccc(Br)cc34)c2)CC1. The lowest BCUT2D eigenvalue weighted by atomic mass is 9.90. The van der Waals surface area contributed by atoms with Crippen LogP contribution in [0.4, 0.5) is 10.5 Å². The van der Waals surface area contributed by atoms with Gasteiger partial charge in [0.05, 0.1) is 24.3 Å². The lowest BCUT2D eigenvalue weighted by Crippen LogP contribution is -2.65. The number of fused-ring (bicyclic) bond motifs is 4. The molecule has 3 amide bonds. The normalized spacial score (nSPS) is 23.7. The summed E-state index contributed by atoms with van der Waals surface area (Å²) in [5, 5.41) is 3.09. The number of hydrogen-bond donors (Lipinski definition) is 1. The molecule has 2 saturated heterocycles. The Morgan fingerprint density at radius 3 is 2.71 bits per heavy atom. The molecule has 3 aliphatic heterocycles. The number of carbonyl (C=O) groups excluding carboxylic acids is 3. The van der Waals surface area contributed by atoms with Crippen LogP contribution in [0, 0.1) is 5.92 Å². The van der Waals surface area contributed by atoms with Crippen molar-refractivity contribution >= 4 is 39.5 Å². The highest BCUT2D eigenvalue weighted by molar-refractivity contribution is 9.10. The lowest BCUT2D eigenvalue weighted by molar-refractivity contribution is -0.149. The van der Waals surface area contributed by atoms with Gasteiger partial charge in [-0.25, -0.2) is 4.79 Å². The number of halogens is 1. The molecule has 2 bridgehead atoms. The van der Waals surface area contributed by atoms with E-state index in [4.69, 9.17) is 9.47 Å². The second kappa shape index (κ2) is 9.18. The highest BCUT2D eigenvalue weighted by Crippen LogP contribution is 2.46. The average Bonchev–Trinajstić information content (AvgIpc) is 2.84. The van der Waals surface area contributed by atoms with Crippen LogP contribution in [0.25, 0.3) is 0 Å². The Hall–Kier alpha value is -3.07. The number of esters is 1. The minimum absolute atomic E-state index is 0.116. The van der Waals surface area contributed by atoms with Crippen molar-refractivity contribution in [1.29, 1.82) is 0 Å². The summed E-state index contributed by atoms with van der Waals surface area (Å²) in [6.07, 6.45) is 1.74. The maximum Gasteiger partial charge on any atom is 0.325 e. The molecule has 5 rings (SSSR count). The molecule has 8 nitrogen and oxygen atoms in total. The summed E-state index contributed by atoms with van der Waals surface area (Å²) < 4.78 is 12.4. The maximum atomic E-state index is 13.3. The summed E-state index contributed by atoms with van der Waals surface area (Å²) in [6.45, 7) is 5.04. The zero-order chi connectivity index (χ0) is 24.7. The number of piperidine rings is 1. The van der Waals surface area contributed by atoms with Gasteiger partial charge in [0.1, 0.15) is 5.75 Å². The number of ether oxygens (including phenoxy) is 2. The minimum Gasteiger partial charge on any atom is -0.467 e. The van der Waals surface area contributed by atoms with Crippen molar-refractivity contribution in [2.75, 3.05) is 24.6 Å². The molecule has 2 aromatic rings. The molecular weight excluding hydrogens is 514 g/mol. The van der Waals surface area contributed by atoms with Crippen LogP contribution in [-0.4, -0.2) is 48.2 Å². The molecule has 1 N–H and O–H groups in total. The van der Waals surface area contributed by atoms with E-state index in [0.29, 0.717) is 50.2 Å². The molecule has 2 aromatic carbocycles. The van der Waals surface area contributed by atoms with E-state index in [1.165, 1.54) is 0 Å². The summed E-state index contributed by atoms with van der Waals surface area (Å²) in [5.41, 5.74) is 1.14. The molecule has 2 fully saturated rings. The second-order valence-electron chi connectivity index (χ2n) is 9.37. The van der Waals surface area contributed by atoms with E-state index in [0.717, 1.165) is 15.8 Å². The quantitative estimate of drug-likeness (QED) is 0.570. The van der Waals surface area contributed by atoms with Gasteiger partial charge in [-0.2, -0.15) is 0 Å². The van der Waals surface area contributed by atoms with E-state index in [1.807, 2.05) is 31.2 Å². The summed E-state index contributed by atoms with van der Waals surface area (Å²) in [5.74, 6) is 0.260. The van der Waals surface area contributed by atoms with Crippen LogP contribution >= 0.6 is 15.9 Å². The first kappa shape index (κ1) is 23.7. The zero-order valence-electron chi connectivity index (χ0n) is 19.8. The molecule has 0 spiro atoms. The van der Waals surface area contributed by atoms with E-state index in [1.54, 1.807) is 34.9 Å². The number of urea groups is 1. The number of anilines is 1. The predicted octanol–water partition coefficient (Wildman–Crippen LogP) is 4.63. The van der Waals surface area contributed by atoms with Crippen LogP contribution in [0.3, 0.4) is 0 Å². The predicted molar refractivity (Wildman–Crippen MR) is 133 cm³/mol. The van der Waals surface area contributed by atoms with Crippen LogP contribution in [0.1, 0.15) is 55.1 Å². The minimum atomic E-state index is -0.895. The van der Waals surface area contributed by atoms with Gasteiger partial charge in [0.15, 0.2) is 5.72 Å². The number of amides is 3. The number of likely N-dealkylation sites (tertiary alicyclic amines) is 1. The van der Waals surface area contributed by atoms with Crippen LogP contribution in [-0.2, 0) is 9.53 Å². The second-order valence-corrected chi connectivity index (χ2v) is 10.3. The Bertz CT molecular complexity index is 1180. The first-order valence-corrected chi connectivity index (χ1v) is 12.7. The van der Waals surface area contributed by atoms with E-state index < -0.39 is 5.72 Å². The molecule has 9 heteroatoms. The van der Waals surface area contributed by atoms with Gasteiger partial charge >= 0.3 is 12.0 Å². The topological polar surface area (TPSA) is 88.2 Å². The maximum absolute atomic E-state index is 13.3. The first-order valence-electron chi connectivity index (χ1n) is 11.9. The standard InChI is InChI=1S/C26H28BrN3O5/c1-3-34-24(32)16-9-11-29(12-10-16)23(31)17-5-4-6-19(13-17)30-25(33)28-21-15-26(30,2)35-22-8-7-18(27)14-20(21)22/h4-8,13-14,16,21H,3,9-12,15H2,1-2H3,(H,28,33)/t21-,26+/m0/s1. The monoisotopic (exact) mass is 541 g/mol. The van der Waals surface area contributed by atoms with Gasteiger partial charge in [-0.3, -0.25) is 14.5 Å². The smallest absolute Gasteiger partial charge is 0.325 e. The van der Waals surface area contributed by atoms with Crippen LogP contribution in [0.2, 0.25) is 0 Å². The van der Waals surface area contributed by atoms with Crippen molar-refractivity contribution in [3.63, 3.8) is 0 Å². The van der Waals surface area contributed by atoms with Gasteiger partial charge in [0.25, 0.3) is 5.91 Å². The molecule has 0 aromatic heterocycles. The zero-order valence-corrected chi connectivity index (χ0v) is 21.3. The van der Waals surface area contributed by atoms with Gasteiger partial charge in [-0.15, -0.1) is 0 Å². The Balaban J connectivity index is 1.35. The number of nitrogens with zero attached hydrogens (tertiary/aromatic N) is 2. The van der Waals surface area contributed by atoms with Crippen molar-refractivity contribution in [2.24, 2.45) is 5.92 Å². The fourth-order valence-electron chi connectivity index (χ4n) is 5.28. The molecule has 184 valence electrons. The van der Waals surface area contributed by atoms with Crippen molar-refractivity contribution in [3.05, 3.63) is 58.1 Å². The summed E-state index contributed by atoms with van der Waals surface area (Å²) in [4.78, 5) is 41.9. The third-order valence-corrected chi connectivity index (χ3v) is 7.48. The van der Waals surface area contributed by atoms with Crippen LogP contribution < -0.4 is 15.0 Å². The highest BCUT2D eigenvalue weighted by Gasteiger charge is 2.50. The van der Waals surface area contributed by atoms with Gasteiger partial charge in [0, 0.05) is 35.1 Å². The Labute approximate surface area is 212 Å². The van der Waals surface area contributed by atoms with Crippen molar-refractivity contribution < 1.29 is 23.9 Å². The molecule has 0 radical (unpaired) electrons. The number of nitrogens with one attached hydrogen (secondary N) is 1.